The SMILES string of the molecule is CC(C)(CNC(=O)C1CCN(C(=O)c2cccs2)CC1)c1ccc(Cl)cc1. The number of carbonyl (C=O) groups is 2. The zero-order chi connectivity index (χ0) is 19.4. The van der Waals surface area contributed by atoms with Crippen LogP contribution in [0.15, 0.2) is 41.8 Å². The Morgan fingerprint density at radius 3 is 2.44 bits per heavy atom. The molecule has 4 nitrogen and oxygen atoms in total. The molecule has 1 fully saturated rings. The van der Waals surface area contributed by atoms with Crippen LogP contribution in [-0.4, -0.2) is 36.3 Å². The van der Waals surface area contributed by atoms with Crippen molar-refractivity contribution in [2.75, 3.05) is 19.6 Å². The molecule has 0 unspecified atom stereocenters. The van der Waals surface area contributed by atoms with E-state index in [0.717, 1.165) is 10.4 Å². The zero-order valence-corrected chi connectivity index (χ0v) is 17.3. The van der Waals surface area contributed by atoms with Crippen LogP contribution in [0.25, 0.3) is 0 Å². The summed E-state index contributed by atoms with van der Waals surface area (Å²) in [6, 6.07) is 11.5. The quantitative estimate of drug-likeness (QED) is 0.805. The lowest BCUT2D eigenvalue weighted by molar-refractivity contribution is -0.126. The second-order valence-electron chi connectivity index (χ2n) is 7.65. The molecule has 2 heterocycles. The average Bonchev–Trinajstić information content (AvgIpc) is 3.21. The Morgan fingerprint density at radius 1 is 1.19 bits per heavy atom. The summed E-state index contributed by atoms with van der Waals surface area (Å²) < 4.78 is 0. The van der Waals surface area contributed by atoms with Gasteiger partial charge in [0.1, 0.15) is 0 Å². The predicted octanol–water partition coefficient (Wildman–Crippen LogP) is 4.35. The van der Waals surface area contributed by atoms with E-state index in [1.54, 1.807) is 0 Å². The number of amides is 2. The number of carbonyl (C=O) groups excluding carboxylic acids is 2. The second-order valence-corrected chi connectivity index (χ2v) is 9.04. The molecule has 1 aliphatic rings. The van der Waals surface area contributed by atoms with Crippen molar-refractivity contribution in [3.63, 3.8) is 0 Å². The largest absolute Gasteiger partial charge is 0.355 e. The molecule has 1 N–H and O–H groups in total. The molecule has 0 atom stereocenters. The number of thiophene rings is 1. The molecule has 6 heteroatoms. The Kier molecular flexibility index (Phi) is 6.22. The summed E-state index contributed by atoms with van der Waals surface area (Å²) in [6.07, 6.45) is 1.43. The topological polar surface area (TPSA) is 49.4 Å². The zero-order valence-electron chi connectivity index (χ0n) is 15.7. The fourth-order valence-corrected chi connectivity index (χ4v) is 4.17. The molecule has 1 aromatic carbocycles. The summed E-state index contributed by atoms with van der Waals surface area (Å²) in [5, 5.41) is 5.73. The number of nitrogens with one attached hydrogen (secondary N) is 1. The Balaban J connectivity index is 1.49. The maximum atomic E-state index is 12.6. The lowest BCUT2D eigenvalue weighted by Gasteiger charge is -2.32. The predicted molar refractivity (Wildman–Crippen MR) is 110 cm³/mol. The van der Waals surface area contributed by atoms with E-state index >= 15 is 0 Å². The minimum atomic E-state index is -0.171. The van der Waals surface area contributed by atoms with E-state index in [0.29, 0.717) is 37.5 Å². The summed E-state index contributed by atoms with van der Waals surface area (Å²) in [4.78, 5) is 27.6. The van der Waals surface area contributed by atoms with Crippen LogP contribution in [0.4, 0.5) is 0 Å². The maximum Gasteiger partial charge on any atom is 0.263 e. The summed E-state index contributed by atoms with van der Waals surface area (Å²) in [5.74, 6) is 0.131. The first-order chi connectivity index (χ1) is 12.9. The van der Waals surface area contributed by atoms with Gasteiger partial charge in [-0.1, -0.05) is 43.6 Å². The Morgan fingerprint density at radius 2 is 1.85 bits per heavy atom. The van der Waals surface area contributed by atoms with Gasteiger partial charge in [-0.3, -0.25) is 9.59 Å². The molecule has 2 amide bonds. The number of hydrogen-bond acceptors (Lipinski definition) is 3. The van der Waals surface area contributed by atoms with Crippen molar-refractivity contribution in [2.24, 2.45) is 5.92 Å². The second kappa shape index (κ2) is 8.44. The van der Waals surface area contributed by atoms with E-state index in [2.05, 4.69) is 19.2 Å². The molecule has 1 saturated heterocycles. The molecule has 1 aromatic heterocycles. The van der Waals surface area contributed by atoms with Gasteiger partial charge >= 0.3 is 0 Å². The smallest absolute Gasteiger partial charge is 0.263 e. The summed E-state index contributed by atoms with van der Waals surface area (Å²) in [5.41, 5.74) is 0.972. The minimum absolute atomic E-state index is 0.0293. The molecular formula is C21H25ClN2O2S. The fourth-order valence-electron chi connectivity index (χ4n) is 3.36. The van der Waals surface area contributed by atoms with E-state index in [1.165, 1.54) is 11.3 Å². The first kappa shape index (κ1) is 19.9. The first-order valence-corrected chi connectivity index (χ1v) is 10.5. The van der Waals surface area contributed by atoms with Crippen LogP contribution < -0.4 is 5.32 Å². The molecule has 144 valence electrons. The Bertz CT molecular complexity index is 779. The van der Waals surface area contributed by atoms with Gasteiger partial charge in [-0.25, -0.2) is 0 Å². The number of nitrogens with zero attached hydrogens (tertiary/aromatic N) is 1. The highest BCUT2D eigenvalue weighted by molar-refractivity contribution is 7.12. The van der Waals surface area contributed by atoms with Gasteiger partial charge in [-0.15, -0.1) is 11.3 Å². The minimum Gasteiger partial charge on any atom is -0.355 e. The van der Waals surface area contributed by atoms with Crippen LogP contribution in [0.2, 0.25) is 5.02 Å². The van der Waals surface area contributed by atoms with Gasteiger partial charge in [0.15, 0.2) is 0 Å². The standard InChI is InChI=1S/C21H25ClN2O2S/c1-21(2,16-5-7-17(22)8-6-16)14-23-19(25)15-9-11-24(12-10-15)20(26)18-4-3-13-27-18/h3-8,13,15H,9-12,14H2,1-2H3,(H,23,25). The molecule has 0 radical (unpaired) electrons. The normalized spacial score (nSPS) is 15.6. The van der Waals surface area contributed by atoms with E-state index < -0.39 is 0 Å². The molecule has 0 bridgehead atoms. The number of hydrogen-bond donors (Lipinski definition) is 1. The third-order valence-electron chi connectivity index (χ3n) is 5.22. The number of likely N-dealkylation sites (tertiary alicyclic amines) is 1. The van der Waals surface area contributed by atoms with Crippen molar-refractivity contribution < 1.29 is 9.59 Å². The third kappa shape index (κ3) is 4.90. The highest BCUT2D eigenvalue weighted by Gasteiger charge is 2.29. The Hall–Kier alpha value is -1.85. The first-order valence-electron chi connectivity index (χ1n) is 9.23. The number of benzene rings is 1. The van der Waals surface area contributed by atoms with Crippen LogP contribution in [0.1, 0.15) is 41.9 Å². The van der Waals surface area contributed by atoms with Crippen LogP contribution in [-0.2, 0) is 10.2 Å². The van der Waals surface area contributed by atoms with Crippen molar-refractivity contribution in [2.45, 2.75) is 32.1 Å². The third-order valence-corrected chi connectivity index (χ3v) is 6.33. The van der Waals surface area contributed by atoms with Gasteiger partial charge in [0.25, 0.3) is 5.91 Å². The summed E-state index contributed by atoms with van der Waals surface area (Å²) in [6.45, 7) is 6.06. The molecule has 27 heavy (non-hydrogen) atoms. The fraction of sp³-hybridized carbons (Fsp3) is 0.429. The molecule has 2 aromatic rings. The van der Waals surface area contributed by atoms with Crippen LogP contribution in [0.3, 0.4) is 0 Å². The summed E-state index contributed by atoms with van der Waals surface area (Å²) in [7, 11) is 0. The molecule has 0 saturated carbocycles. The van der Waals surface area contributed by atoms with E-state index in [4.69, 9.17) is 11.6 Å². The van der Waals surface area contributed by atoms with Crippen LogP contribution >= 0.6 is 22.9 Å². The Labute approximate surface area is 169 Å². The van der Waals surface area contributed by atoms with Gasteiger partial charge in [0.2, 0.25) is 5.91 Å². The van der Waals surface area contributed by atoms with Crippen molar-refractivity contribution in [1.29, 1.82) is 0 Å². The molecule has 3 rings (SSSR count). The van der Waals surface area contributed by atoms with Gasteiger partial charge < -0.3 is 10.2 Å². The lowest BCUT2D eigenvalue weighted by atomic mass is 9.84. The van der Waals surface area contributed by atoms with Gasteiger partial charge in [-0.2, -0.15) is 0 Å². The average molecular weight is 405 g/mol. The van der Waals surface area contributed by atoms with Crippen LogP contribution in [0, 0.1) is 5.92 Å². The molecule has 1 aliphatic heterocycles. The van der Waals surface area contributed by atoms with Crippen molar-refractivity contribution in [1.82, 2.24) is 10.2 Å². The van der Waals surface area contributed by atoms with E-state index in [9.17, 15) is 9.59 Å². The van der Waals surface area contributed by atoms with Gasteiger partial charge in [0.05, 0.1) is 4.88 Å². The molecule has 0 aliphatic carbocycles. The van der Waals surface area contributed by atoms with E-state index in [-0.39, 0.29) is 23.1 Å². The van der Waals surface area contributed by atoms with Gasteiger partial charge in [-0.05, 0) is 42.0 Å². The maximum absolute atomic E-state index is 12.6. The van der Waals surface area contributed by atoms with Gasteiger partial charge in [0, 0.05) is 36.0 Å². The van der Waals surface area contributed by atoms with Crippen molar-refractivity contribution >= 4 is 34.8 Å². The molecule has 0 spiro atoms. The highest BCUT2D eigenvalue weighted by atomic mass is 35.5. The van der Waals surface area contributed by atoms with E-state index in [1.807, 2.05) is 46.7 Å². The molecular weight excluding hydrogens is 380 g/mol. The monoisotopic (exact) mass is 404 g/mol. The summed E-state index contributed by atoms with van der Waals surface area (Å²) >= 11 is 7.42. The number of piperidine rings is 1. The highest BCUT2D eigenvalue weighted by Crippen LogP contribution is 2.25. The lowest BCUT2D eigenvalue weighted by Crippen LogP contribution is -2.45. The number of halogens is 1. The number of rotatable bonds is 5. The van der Waals surface area contributed by atoms with Crippen molar-refractivity contribution in [3.05, 3.63) is 57.2 Å². The van der Waals surface area contributed by atoms with Crippen LogP contribution in [0.5, 0.6) is 0 Å². The van der Waals surface area contributed by atoms with Crippen molar-refractivity contribution in [3.8, 4) is 0 Å².